The molecule has 1 aliphatic rings. The smallest absolute Gasteiger partial charge is 0.123 e. The molecule has 0 N–H and O–H groups in total. The van der Waals surface area contributed by atoms with Gasteiger partial charge in [-0.1, -0.05) is 36.5 Å². The maximum absolute atomic E-state index is 13.1. The molecule has 0 unspecified atom stereocenters. The highest BCUT2D eigenvalue weighted by atomic mass is 32.1. The van der Waals surface area contributed by atoms with Crippen LogP contribution in [0, 0.1) is 5.82 Å². The third-order valence-corrected chi connectivity index (χ3v) is 5.90. The Bertz CT molecular complexity index is 1020. The van der Waals surface area contributed by atoms with Gasteiger partial charge in [-0.2, -0.15) is 0 Å². The van der Waals surface area contributed by atoms with E-state index in [-0.39, 0.29) is 5.82 Å². The molecular formula is C25H25FN2O2S. The number of rotatable bonds is 6. The molecule has 3 aromatic rings. The average Bonchev–Trinajstić information content (AvgIpc) is 2.83. The lowest BCUT2D eigenvalue weighted by Crippen LogP contribution is -2.48. The number of hydrogen-bond acceptors (Lipinski definition) is 4. The number of halogens is 1. The molecule has 0 saturated carbocycles. The van der Waals surface area contributed by atoms with E-state index >= 15 is 0 Å². The quantitative estimate of drug-likeness (QED) is 0.511. The van der Waals surface area contributed by atoms with E-state index in [1.54, 1.807) is 19.2 Å². The Morgan fingerprint density at radius 1 is 0.903 bits per heavy atom. The number of ether oxygens (including phenoxy) is 2. The monoisotopic (exact) mass is 436 g/mol. The summed E-state index contributed by atoms with van der Waals surface area (Å²) in [4.78, 5) is 5.44. The van der Waals surface area contributed by atoms with E-state index < -0.39 is 0 Å². The van der Waals surface area contributed by atoms with Gasteiger partial charge in [-0.15, -0.1) is 0 Å². The zero-order chi connectivity index (χ0) is 21.6. The zero-order valence-corrected chi connectivity index (χ0v) is 18.3. The number of benzene rings is 3. The first-order valence-corrected chi connectivity index (χ1v) is 10.7. The number of anilines is 1. The van der Waals surface area contributed by atoms with E-state index in [9.17, 15) is 4.39 Å². The molecule has 0 atom stereocenters. The minimum Gasteiger partial charge on any atom is -0.497 e. The van der Waals surface area contributed by atoms with Crippen molar-refractivity contribution in [3.8, 4) is 11.5 Å². The van der Waals surface area contributed by atoms with Crippen LogP contribution in [-0.4, -0.2) is 43.2 Å². The lowest BCUT2D eigenvalue weighted by molar-refractivity contribution is 0.306. The highest BCUT2D eigenvalue weighted by molar-refractivity contribution is 7.80. The molecule has 3 aromatic carbocycles. The van der Waals surface area contributed by atoms with Gasteiger partial charge in [0, 0.05) is 37.4 Å². The molecule has 1 heterocycles. The van der Waals surface area contributed by atoms with Crippen LogP contribution in [0.4, 0.5) is 10.1 Å². The first kappa shape index (κ1) is 21.1. The molecule has 0 bridgehead atoms. The van der Waals surface area contributed by atoms with Crippen molar-refractivity contribution in [1.82, 2.24) is 4.90 Å². The molecule has 0 radical (unpaired) electrons. The van der Waals surface area contributed by atoms with Gasteiger partial charge in [-0.25, -0.2) is 4.39 Å². The van der Waals surface area contributed by atoms with Crippen molar-refractivity contribution in [2.45, 2.75) is 6.61 Å². The Morgan fingerprint density at radius 3 is 2.29 bits per heavy atom. The zero-order valence-electron chi connectivity index (χ0n) is 17.5. The average molecular weight is 437 g/mol. The second kappa shape index (κ2) is 9.79. The van der Waals surface area contributed by atoms with Crippen molar-refractivity contribution < 1.29 is 13.9 Å². The Morgan fingerprint density at radius 2 is 1.61 bits per heavy atom. The molecule has 4 rings (SSSR count). The van der Waals surface area contributed by atoms with Crippen molar-refractivity contribution in [3.63, 3.8) is 0 Å². The molecule has 0 aliphatic carbocycles. The van der Waals surface area contributed by atoms with E-state index in [1.165, 1.54) is 17.8 Å². The topological polar surface area (TPSA) is 24.9 Å². The summed E-state index contributed by atoms with van der Waals surface area (Å²) in [5.74, 6) is 1.37. The molecule has 1 saturated heterocycles. The number of thiocarbonyl (C=S) groups is 1. The molecular weight excluding hydrogens is 411 g/mol. The largest absolute Gasteiger partial charge is 0.497 e. The van der Waals surface area contributed by atoms with Crippen molar-refractivity contribution in [3.05, 3.63) is 89.7 Å². The van der Waals surface area contributed by atoms with Crippen LogP contribution in [0.25, 0.3) is 0 Å². The Hall–Kier alpha value is -3.12. The predicted octanol–water partition coefficient (Wildman–Crippen LogP) is 4.91. The van der Waals surface area contributed by atoms with Gasteiger partial charge in [0.2, 0.25) is 0 Å². The van der Waals surface area contributed by atoms with Crippen LogP contribution in [0.5, 0.6) is 11.5 Å². The van der Waals surface area contributed by atoms with E-state index in [0.29, 0.717) is 6.61 Å². The summed E-state index contributed by atoms with van der Waals surface area (Å²) >= 11 is 5.77. The van der Waals surface area contributed by atoms with Crippen LogP contribution >= 0.6 is 12.2 Å². The van der Waals surface area contributed by atoms with Crippen LogP contribution in [-0.2, 0) is 6.61 Å². The first-order valence-electron chi connectivity index (χ1n) is 10.3. The van der Waals surface area contributed by atoms with E-state index in [4.69, 9.17) is 21.7 Å². The summed E-state index contributed by atoms with van der Waals surface area (Å²) in [5, 5.41) is 0. The second-order valence-electron chi connectivity index (χ2n) is 7.42. The van der Waals surface area contributed by atoms with Crippen LogP contribution in [0.15, 0.2) is 72.8 Å². The fraction of sp³-hybridized carbons (Fsp3) is 0.240. The minimum atomic E-state index is -0.247. The molecule has 1 fully saturated rings. The summed E-state index contributed by atoms with van der Waals surface area (Å²) in [6.45, 7) is 3.94. The van der Waals surface area contributed by atoms with Gasteiger partial charge in [0.05, 0.1) is 7.11 Å². The number of nitrogens with zero attached hydrogens (tertiary/aromatic N) is 2. The maximum atomic E-state index is 13.1. The highest BCUT2D eigenvalue weighted by Crippen LogP contribution is 2.22. The van der Waals surface area contributed by atoms with Gasteiger partial charge in [-0.3, -0.25) is 0 Å². The second-order valence-corrected chi connectivity index (χ2v) is 7.81. The van der Waals surface area contributed by atoms with E-state index in [2.05, 4.69) is 21.9 Å². The van der Waals surface area contributed by atoms with Crippen molar-refractivity contribution in [2.75, 3.05) is 38.2 Å². The molecule has 0 spiro atoms. The molecule has 0 aromatic heterocycles. The van der Waals surface area contributed by atoms with E-state index in [1.807, 2.05) is 36.4 Å². The number of piperazine rings is 1. The highest BCUT2D eigenvalue weighted by Gasteiger charge is 2.20. The van der Waals surface area contributed by atoms with E-state index in [0.717, 1.165) is 53.8 Å². The Kier molecular flexibility index (Phi) is 6.67. The van der Waals surface area contributed by atoms with Crippen molar-refractivity contribution >= 4 is 22.9 Å². The summed E-state index contributed by atoms with van der Waals surface area (Å²) in [6.07, 6.45) is 0. The van der Waals surface area contributed by atoms with Gasteiger partial charge < -0.3 is 19.3 Å². The van der Waals surface area contributed by atoms with Crippen molar-refractivity contribution in [1.29, 1.82) is 0 Å². The molecule has 31 heavy (non-hydrogen) atoms. The molecule has 1 aliphatic heterocycles. The van der Waals surface area contributed by atoms with Gasteiger partial charge >= 0.3 is 0 Å². The summed E-state index contributed by atoms with van der Waals surface area (Å²) in [7, 11) is 1.68. The Labute approximate surface area is 187 Å². The standard InChI is InChI=1S/C25H25FN2O2S/c1-29-23-11-9-22(10-12-23)27-13-15-28(16-14-27)25(31)20-3-2-4-24(17-20)30-18-19-5-7-21(26)8-6-19/h2-12,17H,13-16,18H2,1H3. The lowest BCUT2D eigenvalue weighted by Gasteiger charge is -2.37. The molecule has 6 heteroatoms. The van der Waals surface area contributed by atoms with Crippen LogP contribution < -0.4 is 14.4 Å². The lowest BCUT2D eigenvalue weighted by atomic mass is 10.1. The molecule has 0 amide bonds. The van der Waals surface area contributed by atoms with Crippen LogP contribution in [0.3, 0.4) is 0 Å². The van der Waals surface area contributed by atoms with Gasteiger partial charge in [0.25, 0.3) is 0 Å². The normalized spacial score (nSPS) is 13.7. The van der Waals surface area contributed by atoms with Gasteiger partial charge in [0.1, 0.15) is 28.9 Å². The number of hydrogen-bond donors (Lipinski definition) is 0. The minimum absolute atomic E-state index is 0.247. The maximum Gasteiger partial charge on any atom is 0.123 e. The summed E-state index contributed by atoms with van der Waals surface area (Å²) in [5.41, 5.74) is 3.09. The van der Waals surface area contributed by atoms with Crippen LogP contribution in [0.2, 0.25) is 0 Å². The summed E-state index contributed by atoms with van der Waals surface area (Å²) in [6, 6.07) is 22.4. The fourth-order valence-electron chi connectivity index (χ4n) is 3.61. The Balaban J connectivity index is 1.34. The third kappa shape index (κ3) is 5.33. The molecule has 160 valence electrons. The fourth-order valence-corrected chi connectivity index (χ4v) is 3.92. The SMILES string of the molecule is COc1ccc(N2CCN(C(=S)c3cccc(OCc4ccc(F)cc4)c3)CC2)cc1. The van der Waals surface area contributed by atoms with Gasteiger partial charge in [0.15, 0.2) is 0 Å². The first-order chi connectivity index (χ1) is 15.1. The molecule has 4 nitrogen and oxygen atoms in total. The predicted molar refractivity (Wildman–Crippen MR) is 126 cm³/mol. The van der Waals surface area contributed by atoms with Crippen molar-refractivity contribution in [2.24, 2.45) is 0 Å². The van der Waals surface area contributed by atoms with Crippen LogP contribution in [0.1, 0.15) is 11.1 Å². The number of methoxy groups -OCH3 is 1. The summed E-state index contributed by atoms with van der Waals surface area (Å²) < 4.78 is 24.2. The third-order valence-electron chi connectivity index (χ3n) is 5.40. The van der Waals surface area contributed by atoms with Gasteiger partial charge in [-0.05, 0) is 54.1 Å².